The smallest absolute Gasteiger partial charge is 0.251 e. The van der Waals surface area contributed by atoms with E-state index < -0.39 is 0 Å². The summed E-state index contributed by atoms with van der Waals surface area (Å²) in [7, 11) is 0. The standard InChI is InChI=1S/C21H27N3O6/c25-16-6-4-14(12-18(16)27)20(29)23-10-2-1-8-22-9-3-11-24-21(30)15-5-7-17(26)19(28)13-15/h4-7,12-13,22,25-28H,1-3,8-11H2,(H,23,29)(H,24,30). The molecule has 0 heterocycles. The number of aromatic hydroxyl groups is 4. The van der Waals surface area contributed by atoms with Crippen molar-refractivity contribution < 1.29 is 30.0 Å². The molecule has 0 radical (unpaired) electrons. The van der Waals surface area contributed by atoms with Gasteiger partial charge in [-0.05, 0) is 68.8 Å². The van der Waals surface area contributed by atoms with E-state index in [0.29, 0.717) is 13.1 Å². The van der Waals surface area contributed by atoms with E-state index in [1.165, 1.54) is 36.4 Å². The maximum absolute atomic E-state index is 11.9. The molecule has 0 atom stereocenters. The van der Waals surface area contributed by atoms with E-state index in [-0.39, 0.29) is 45.9 Å². The summed E-state index contributed by atoms with van der Waals surface area (Å²) >= 11 is 0. The minimum atomic E-state index is -0.332. The van der Waals surface area contributed by atoms with Gasteiger partial charge in [0.1, 0.15) is 0 Å². The maximum atomic E-state index is 11.9. The molecule has 0 spiro atoms. The number of amides is 2. The lowest BCUT2D eigenvalue weighted by molar-refractivity contribution is 0.0944. The number of carbonyl (C=O) groups is 2. The predicted molar refractivity (Wildman–Crippen MR) is 111 cm³/mol. The first-order valence-electron chi connectivity index (χ1n) is 9.69. The number of hydrogen-bond donors (Lipinski definition) is 7. The summed E-state index contributed by atoms with van der Waals surface area (Å²) < 4.78 is 0. The first-order chi connectivity index (χ1) is 14.4. The van der Waals surface area contributed by atoms with E-state index in [9.17, 15) is 30.0 Å². The molecule has 0 aliphatic rings. The topological polar surface area (TPSA) is 151 Å². The van der Waals surface area contributed by atoms with Crippen LogP contribution in [-0.2, 0) is 0 Å². The third-order valence-corrected chi connectivity index (χ3v) is 4.36. The van der Waals surface area contributed by atoms with Gasteiger partial charge in [-0.1, -0.05) is 0 Å². The first-order valence-corrected chi connectivity index (χ1v) is 9.69. The fraction of sp³-hybridized carbons (Fsp3) is 0.333. The van der Waals surface area contributed by atoms with Crippen molar-refractivity contribution in [2.45, 2.75) is 19.3 Å². The van der Waals surface area contributed by atoms with Crippen molar-refractivity contribution in [3.05, 3.63) is 47.5 Å². The van der Waals surface area contributed by atoms with Crippen molar-refractivity contribution in [1.82, 2.24) is 16.0 Å². The van der Waals surface area contributed by atoms with E-state index in [2.05, 4.69) is 16.0 Å². The number of carbonyl (C=O) groups excluding carboxylic acids is 2. The van der Waals surface area contributed by atoms with Gasteiger partial charge in [-0.2, -0.15) is 0 Å². The molecular weight excluding hydrogens is 390 g/mol. The van der Waals surface area contributed by atoms with Gasteiger partial charge in [0, 0.05) is 24.2 Å². The Balaban J connectivity index is 1.49. The number of nitrogens with one attached hydrogen (secondary N) is 3. The van der Waals surface area contributed by atoms with Crippen LogP contribution in [0.15, 0.2) is 36.4 Å². The van der Waals surface area contributed by atoms with E-state index in [0.717, 1.165) is 32.4 Å². The van der Waals surface area contributed by atoms with Crippen molar-refractivity contribution in [1.29, 1.82) is 0 Å². The van der Waals surface area contributed by atoms with Crippen LogP contribution >= 0.6 is 0 Å². The predicted octanol–water partition coefficient (Wildman–Crippen LogP) is 1.43. The molecule has 2 aromatic rings. The zero-order valence-corrected chi connectivity index (χ0v) is 16.5. The molecule has 162 valence electrons. The number of benzene rings is 2. The maximum Gasteiger partial charge on any atom is 0.251 e. The normalized spacial score (nSPS) is 10.5. The van der Waals surface area contributed by atoms with Gasteiger partial charge < -0.3 is 36.4 Å². The van der Waals surface area contributed by atoms with Crippen LogP contribution in [0.25, 0.3) is 0 Å². The van der Waals surface area contributed by atoms with Gasteiger partial charge in [-0.25, -0.2) is 0 Å². The largest absolute Gasteiger partial charge is 0.504 e. The van der Waals surface area contributed by atoms with E-state index in [1.807, 2.05) is 0 Å². The molecule has 30 heavy (non-hydrogen) atoms. The second-order valence-corrected chi connectivity index (χ2v) is 6.73. The van der Waals surface area contributed by atoms with Gasteiger partial charge in [0.05, 0.1) is 0 Å². The van der Waals surface area contributed by atoms with Crippen LogP contribution < -0.4 is 16.0 Å². The number of rotatable bonds is 11. The molecule has 2 amide bonds. The quantitative estimate of drug-likeness (QED) is 0.216. The Kier molecular flexibility index (Phi) is 8.76. The zero-order chi connectivity index (χ0) is 21.9. The molecule has 0 saturated heterocycles. The summed E-state index contributed by atoms with van der Waals surface area (Å²) in [6.45, 7) is 2.47. The van der Waals surface area contributed by atoms with Crippen molar-refractivity contribution in [3.63, 3.8) is 0 Å². The van der Waals surface area contributed by atoms with Crippen molar-refractivity contribution in [2.75, 3.05) is 26.2 Å². The SMILES string of the molecule is O=C(NCCCCNCCCNC(=O)c1ccc(O)c(O)c1)c1ccc(O)c(O)c1. The summed E-state index contributed by atoms with van der Waals surface area (Å²) in [6, 6.07) is 7.84. The molecule has 2 rings (SSSR count). The van der Waals surface area contributed by atoms with Gasteiger partial charge in [0.2, 0.25) is 0 Å². The van der Waals surface area contributed by atoms with Crippen molar-refractivity contribution in [3.8, 4) is 23.0 Å². The second-order valence-electron chi connectivity index (χ2n) is 6.73. The molecule has 0 unspecified atom stereocenters. The van der Waals surface area contributed by atoms with Crippen LogP contribution in [0.3, 0.4) is 0 Å². The summed E-state index contributed by atoms with van der Waals surface area (Å²) in [4.78, 5) is 23.9. The van der Waals surface area contributed by atoms with Gasteiger partial charge in [0.25, 0.3) is 11.8 Å². The van der Waals surface area contributed by atoms with Crippen molar-refractivity contribution >= 4 is 11.8 Å². The summed E-state index contributed by atoms with van der Waals surface area (Å²) in [6.07, 6.45) is 2.38. The average molecular weight is 417 g/mol. The van der Waals surface area contributed by atoms with Crippen LogP contribution in [0, 0.1) is 0 Å². The van der Waals surface area contributed by atoms with E-state index >= 15 is 0 Å². The fourth-order valence-corrected chi connectivity index (χ4v) is 2.65. The van der Waals surface area contributed by atoms with Gasteiger partial charge in [-0.3, -0.25) is 9.59 Å². The Hall–Kier alpha value is -3.46. The second kappa shape index (κ2) is 11.5. The minimum Gasteiger partial charge on any atom is -0.504 e. The molecule has 0 aliphatic heterocycles. The minimum absolute atomic E-state index is 0.267. The summed E-state index contributed by atoms with van der Waals surface area (Å²) in [5, 5.41) is 46.1. The Morgan fingerprint density at radius 1 is 0.600 bits per heavy atom. The molecule has 0 fully saturated rings. The molecule has 2 aromatic carbocycles. The number of phenolic OH excluding ortho intramolecular Hbond substituents is 4. The average Bonchev–Trinajstić information content (AvgIpc) is 2.73. The molecular formula is C21H27N3O6. The molecule has 0 saturated carbocycles. The lowest BCUT2D eigenvalue weighted by atomic mass is 10.2. The Labute approximate surface area is 174 Å². The zero-order valence-electron chi connectivity index (χ0n) is 16.5. The lowest BCUT2D eigenvalue weighted by Crippen LogP contribution is -2.28. The Bertz CT molecular complexity index is 800. The number of hydrogen-bond acceptors (Lipinski definition) is 7. The van der Waals surface area contributed by atoms with Gasteiger partial charge >= 0.3 is 0 Å². The van der Waals surface area contributed by atoms with Crippen molar-refractivity contribution in [2.24, 2.45) is 0 Å². The molecule has 0 bridgehead atoms. The highest BCUT2D eigenvalue weighted by atomic mass is 16.3. The molecule has 9 heteroatoms. The van der Waals surface area contributed by atoms with Crippen LogP contribution in [0.4, 0.5) is 0 Å². The first kappa shape index (κ1) is 22.8. The molecule has 9 nitrogen and oxygen atoms in total. The number of phenols is 4. The Morgan fingerprint density at radius 3 is 1.53 bits per heavy atom. The summed E-state index contributed by atoms with van der Waals surface area (Å²) in [5.74, 6) is -1.82. The highest BCUT2D eigenvalue weighted by molar-refractivity contribution is 5.95. The molecule has 0 aliphatic carbocycles. The lowest BCUT2D eigenvalue weighted by Gasteiger charge is -2.08. The van der Waals surface area contributed by atoms with Crippen LogP contribution in [0.5, 0.6) is 23.0 Å². The monoisotopic (exact) mass is 417 g/mol. The van der Waals surface area contributed by atoms with Crippen LogP contribution in [-0.4, -0.2) is 58.4 Å². The Morgan fingerprint density at radius 2 is 1.03 bits per heavy atom. The molecule has 0 aromatic heterocycles. The van der Waals surface area contributed by atoms with Crippen LogP contribution in [0.1, 0.15) is 40.0 Å². The third-order valence-electron chi connectivity index (χ3n) is 4.36. The highest BCUT2D eigenvalue weighted by Crippen LogP contribution is 2.25. The molecule has 7 N–H and O–H groups in total. The van der Waals surface area contributed by atoms with E-state index in [4.69, 9.17) is 0 Å². The number of unbranched alkanes of at least 4 members (excludes halogenated alkanes) is 1. The third kappa shape index (κ3) is 7.17. The summed E-state index contributed by atoms with van der Waals surface area (Å²) in [5.41, 5.74) is 0.566. The van der Waals surface area contributed by atoms with Gasteiger partial charge in [0.15, 0.2) is 23.0 Å². The fourth-order valence-electron chi connectivity index (χ4n) is 2.65. The van der Waals surface area contributed by atoms with Crippen LogP contribution in [0.2, 0.25) is 0 Å². The van der Waals surface area contributed by atoms with Gasteiger partial charge in [-0.15, -0.1) is 0 Å². The highest BCUT2D eigenvalue weighted by Gasteiger charge is 2.09. The van der Waals surface area contributed by atoms with E-state index in [1.54, 1.807) is 0 Å².